The second kappa shape index (κ2) is 8.06. The van der Waals surface area contributed by atoms with E-state index in [9.17, 15) is 18.8 Å². The molecule has 1 heterocycles. The highest BCUT2D eigenvalue weighted by Gasteiger charge is 2.36. The van der Waals surface area contributed by atoms with E-state index in [1.54, 1.807) is 18.2 Å². The van der Waals surface area contributed by atoms with Crippen molar-refractivity contribution in [2.75, 3.05) is 11.5 Å². The molecule has 0 aromatic heterocycles. The number of carbonyl (C=O) groups excluding carboxylic acids is 3. The molecule has 8 heteroatoms. The first-order chi connectivity index (χ1) is 13.4. The van der Waals surface area contributed by atoms with Crippen LogP contribution in [0.1, 0.15) is 5.56 Å². The molecule has 1 N–H and O–H groups in total. The molecule has 28 heavy (non-hydrogen) atoms. The predicted octanol–water partition coefficient (Wildman–Crippen LogP) is 3.27. The Morgan fingerprint density at radius 1 is 1.18 bits per heavy atom. The summed E-state index contributed by atoms with van der Waals surface area (Å²) in [7, 11) is 0. The molecule has 1 aliphatic rings. The largest absolute Gasteiger partial charge is 0.480 e. The van der Waals surface area contributed by atoms with E-state index in [-0.39, 0.29) is 17.9 Å². The molecule has 1 saturated heterocycles. The zero-order chi connectivity index (χ0) is 20.3. The lowest BCUT2D eigenvalue weighted by atomic mass is 10.1. The molecule has 3 rings (SSSR count). The molecule has 0 aliphatic carbocycles. The third kappa shape index (κ3) is 3.94. The van der Waals surface area contributed by atoms with Crippen LogP contribution in [0.5, 0.6) is 5.75 Å². The van der Waals surface area contributed by atoms with E-state index in [1.807, 2.05) is 0 Å². The number of anilines is 1. The zero-order valence-electron chi connectivity index (χ0n) is 14.2. The zero-order valence-corrected chi connectivity index (χ0v) is 15.8. The summed E-state index contributed by atoms with van der Waals surface area (Å²) in [5.74, 6) is 0.698. The summed E-state index contributed by atoms with van der Waals surface area (Å²) in [6.07, 6.45) is 6.50. The molecule has 0 saturated carbocycles. The van der Waals surface area contributed by atoms with E-state index in [0.29, 0.717) is 15.8 Å². The van der Waals surface area contributed by atoms with Gasteiger partial charge in [0.15, 0.2) is 0 Å². The van der Waals surface area contributed by atoms with Crippen molar-refractivity contribution in [1.29, 1.82) is 0 Å². The molecule has 0 atom stereocenters. The maximum Gasteiger partial charge on any atom is 0.335 e. The van der Waals surface area contributed by atoms with E-state index >= 15 is 0 Å². The normalized spacial score (nSPS) is 15.4. The molecular formula is C20H12BrFN2O4. The molecule has 6 nitrogen and oxygen atoms in total. The Hall–Kier alpha value is -3.44. The van der Waals surface area contributed by atoms with Crippen LogP contribution in [0.4, 0.5) is 14.9 Å². The lowest BCUT2D eigenvalue weighted by Crippen LogP contribution is -2.54. The summed E-state index contributed by atoms with van der Waals surface area (Å²) in [6, 6.07) is 8.76. The topological polar surface area (TPSA) is 75.7 Å². The maximum absolute atomic E-state index is 13.1. The number of hydrogen-bond acceptors (Lipinski definition) is 4. The van der Waals surface area contributed by atoms with Crippen molar-refractivity contribution in [3.63, 3.8) is 0 Å². The Balaban J connectivity index is 1.94. The van der Waals surface area contributed by atoms with Crippen molar-refractivity contribution in [2.45, 2.75) is 0 Å². The van der Waals surface area contributed by atoms with Crippen LogP contribution in [0.3, 0.4) is 0 Å². The Bertz CT molecular complexity index is 1040. The van der Waals surface area contributed by atoms with Gasteiger partial charge in [-0.15, -0.1) is 6.42 Å². The van der Waals surface area contributed by atoms with E-state index < -0.39 is 23.7 Å². The van der Waals surface area contributed by atoms with Gasteiger partial charge in [0, 0.05) is 0 Å². The number of nitrogens with one attached hydrogen (secondary N) is 1. The number of urea groups is 1. The number of barbiturate groups is 1. The number of imide groups is 2. The average Bonchev–Trinajstić information content (AvgIpc) is 2.66. The van der Waals surface area contributed by atoms with Gasteiger partial charge in [-0.1, -0.05) is 12.0 Å². The minimum Gasteiger partial charge on any atom is -0.480 e. The number of nitrogens with zero attached hydrogens (tertiary/aromatic N) is 1. The van der Waals surface area contributed by atoms with Crippen molar-refractivity contribution < 1.29 is 23.5 Å². The van der Waals surface area contributed by atoms with Crippen LogP contribution in [0.25, 0.3) is 6.08 Å². The van der Waals surface area contributed by atoms with Gasteiger partial charge < -0.3 is 4.74 Å². The number of rotatable bonds is 4. The first kappa shape index (κ1) is 19.3. The molecule has 1 fully saturated rings. The van der Waals surface area contributed by atoms with Gasteiger partial charge in [0.2, 0.25) is 0 Å². The number of ether oxygens (including phenoxy) is 1. The first-order valence-electron chi connectivity index (χ1n) is 7.93. The minimum atomic E-state index is -0.905. The third-order valence-corrected chi connectivity index (χ3v) is 4.38. The van der Waals surface area contributed by atoms with E-state index in [2.05, 4.69) is 27.2 Å². The quantitative estimate of drug-likeness (QED) is 0.447. The van der Waals surface area contributed by atoms with Crippen LogP contribution in [0, 0.1) is 18.2 Å². The SMILES string of the molecule is C#CCOc1ccc(C=C2C(=O)NC(=O)N(c3ccc(F)cc3)C2=O)cc1Br. The fourth-order valence-electron chi connectivity index (χ4n) is 2.49. The lowest BCUT2D eigenvalue weighted by Gasteiger charge is -2.26. The van der Waals surface area contributed by atoms with Gasteiger partial charge in [-0.05, 0) is 64.0 Å². The lowest BCUT2D eigenvalue weighted by molar-refractivity contribution is -0.122. The van der Waals surface area contributed by atoms with Gasteiger partial charge >= 0.3 is 6.03 Å². The summed E-state index contributed by atoms with van der Waals surface area (Å²) < 4.78 is 19.0. The monoisotopic (exact) mass is 442 g/mol. The molecule has 0 radical (unpaired) electrons. The highest BCUT2D eigenvalue weighted by molar-refractivity contribution is 9.10. The number of hydrogen-bond donors (Lipinski definition) is 1. The Kier molecular flexibility index (Phi) is 5.57. The van der Waals surface area contributed by atoms with E-state index in [0.717, 1.165) is 17.0 Å². The second-order valence-corrected chi connectivity index (χ2v) is 6.47. The average molecular weight is 443 g/mol. The maximum atomic E-state index is 13.1. The van der Waals surface area contributed by atoms with Crippen LogP contribution in [0.15, 0.2) is 52.5 Å². The van der Waals surface area contributed by atoms with Crippen molar-refractivity contribution in [2.24, 2.45) is 0 Å². The summed E-state index contributed by atoms with van der Waals surface area (Å²) in [5, 5.41) is 2.10. The van der Waals surface area contributed by atoms with Gasteiger partial charge in [-0.3, -0.25) is 14.9 Å². The molecule has 2 aromatic rings. The molecule has 1 aliphatic heterocycles. The van der Waals surface area contributed by atoms with Crippen molar-refractivity contribution in [3.05, 3.63) is 63.9 Å². The van der Waals surface area contributed by atoms with Crippen LogP contribution < -0.4 is 15.0 Å². The predicted molar refractivity (Wildman–Crippen MR) is 104 cm³/mol. The molecule has 0 bridgehead atoms. The summed E-state index contributed by atoms with van der Waals surface area (Å²) in [5.41, 5.74) is 0.418. The number of halogens is 2. The second-order valence-electron chi connectivity index (χ2n) is 5.62. The molecular weight excluding hydrogens is 431 g/mol. The van der Waals surface area contributed by atoms with Gasteiger partial charge in [-0.2, -0.15) is 0 Å². The summed E-state index contributed by atoms with van der Waals surface area (Å²) in [4.78, 5) is 37.8. The van der Waals surface area contributed by atoms with E-state index in [1.165, 1.54) is 18.2 Å². The van der Waals surface area contributed by atoms with Gasteiger partial charge in [0.1, 0.15) is 23.7 Å². The number of benzene rings is 2. The van der Waals surface area contributed by atoms with Gasteiger partial charge in [0.05, 0.1) is 10.2 Å². The van der Waals surface area contributed by atoms with Crippen molar-refractivity contribution in [3.8, 4) is 18.1 Å². The van der Waals surface area contributed by atoms with Crippen LogP contribution in [0.2, 0.25) is 0 Å². The summed E-state index contributed by atoms with van der Waals surface area (Å²) in [6.45, 7) is 0.0919. The molecule has 0 spiro atoms. The van der Waals surface area contributed by atoms with Crippen LogP contribution in [-0.2, 0) is 9.59 Å². The smallest absolute Gasteiger partial charge is 0.335 e. The minimum absolute atomic E-state index is 0.0919. The third-order valence-electron chi connectivity index (χ3n) is 3.76. The molecule has 4 amide bonds. The highest BCUT2D eigenvalue weighted by Crippen LogP contribution is 2.28. The fourth-order valence-corrected chi connectivity index (χ4v) is 3.00. The Morgan fingerprint density at radius 3 is 2.54 bits per heavy atom. The standard InChI is InChI=1S/C20H12BrFN2O4/c1-2-9-28-17-8-3-12(11-16(17)21)10-15-18(25)23-20(27)24(19(15)26)14-6-4-13(22)5-7-14/h1,3-8,10-11H,9H2,(H,23,25,27). The highest BCUT2D eigenvalue weighted by atomic mass is 79.9. The molecule has 140 valence electrons. The van der Waals surface area contributed by atoms with Crippen LogP contribution in [-0.4, -0.2) is 24.5 Å². The van der Waals surface area contributed by atoms with Gasteiger partial charge in [-0.25, -0.2) is 14.1 Å². The first-order valence-corrected chi connectivity index (χ1v) is 8.73. The molecule has 2 aromatic carbocycles. The number of amides is 4. The fraction of sp³-hybridized carbons (Fsp3) is 0.0500. The molecule has 0 unspecified atom stereocenters. The van der Waals surface area contributed by atoms with E-state index in [4.69, 9.17) is 11.2 Å². The van der Waals surface area contributed by atoms with Crippen LogP contribution >= 0.6 is 15.9 Å². The Morgan fingerprint density at radius 2 is 1.89 bits per heavy atom. The van der Waals surface area contributed by atoms with Crippen molar-refractivity contribution >= 4 is 45.5 Å². The number of terminal acetylenes is 1. The Labute approximate surface area is 168 Å². The number of carbonyl (C=O) groups is 3. The van der Waals surface area contributed by atoms with Crippen molar-refractivity contribution in [1.82, 2.24) is 5.32 Å². The van der Waals surface area contributed by atoms with Gasteiger partial charge in [0.25, 0.3) is 11.8 Å². The summed E-state index contributed by atoms with van der Waals surface area (Å²) >= 11 is 3.33.